The second-order valence-corrected chi connectivity index (χ2v) is 4.75. The standard InChI is InChI=1S/C10H12N2O2S/c1-15(13)7-6-11-10-12-8-4-2-3-5-9(8)14-10/h2-5H,6-7H2,1H3,(H,11,12). The number of hydrogen-bond acceptors (Lipinski definition) is 4. The van der Waals surface area contributed by atoms with Gasteiger partial charge in [-0.05, 0) is 12.1 Å². The number of hydrogen-bond donors (Lipinski definition) is 1. The Morgan fingerprint density at radius 3 is 3.00 bits per heavy atom. The van der Waals surface area contributed by atoms with E-state index in [4.69, 9.17) is 4.42 Å². The highest BCUT2D eigenvalue weighted by Crippen LogP contribution is 2.17. The highest BCUT2D eigenvalue weighted by molar-refractivity contribution is 7.84. The van der Waals surface area contributed by atoms with E-state index in [-0.39, 0.29) is 0 Å². The molecule has 1 aromatic heterocycles. The molecule has 2 aromatic rings. The van der Waals surface area contributed by atoms with Crippen LogP contribution in [0.5, 0.6) is 0 Å². The summed E-state index contributed by atoms with van der Waals surface area (Å²) in [5, 5.41) is 2.99. The van der Waals surface area contributed by atoms with Gasteiger partial charge < -0.3 is 9.73 Å². The first-order chi connectivity index (χ1) is 7.25. The average Bonchev–Trinajstić information content (AvgIpc) is 2.59. The second kappa shape index (κ2) is 4.44. The number of anilines is 1. The molecule has 0 fully saturated rings. The van der Waals surface area contributed by atoms with Crippen LogP contribution < -0.4 is 5.32 Å². The fourth-order valence-corrected chi connectivity index (χ4v) is 1.64. The van der Waals surface area contributed by atoms with Crippen molar-refractivity contribution in [2.24, 2.45) is 0 Å². The topological polar surface area (TPSA) is 55.1 Å². The Morgan fingerprint density at radius 2 is 2.27 bits per heavy atom. The van der Waals surface area contributed by atoms with E-state index < -0.39 is 10.8 Å². The van der Waals surface area contributed by atoms with Gasteiger partial charge in [-0.2, -0.15) is 4.98 Å². The van der Waals surface area contributed by atoms with E-state index in [1.807, 2.05) is 24.3 Å². The Morgan fingerprint density at radius 1 is 1.47 bits per heavy atom. The van der Waals surface area contributed by atoms with Gasteiger partial charge in [0.05, 0.1) is 0 Å². The molecule has 1 N–H and O–H groups in total. The van der Waals surface area contributed by atoms with Crippen LogP contribution in [0.2, 0.25) is 0 Å². The van der Waals surface area contributed by atoms with E-state index in [0.717, 1.165) is 11.1 Å². The third-order valence-electron chi connectivity index (χ3n) is 1.96. The maximum atomic E-state index is 10.8. The molecule has 4 nitrogen and oxygen atoms in total. The number of nitrogens with one attached hydrogen (secondary N) is 1. The van der Waals surface area contributed by atoms with Crippen molar-refractivity contribution in [1.29, 1.82) is 0 Å². The van der Waals surface area contributed by atoms with Crippen LogP contribution in [0.1, 0.15) is 0 Å². The molecule has 80 valence electrons. The third kappa shape index (κ3) is 2.56. The Bertz CT molecular complexity index is 448. The molecular weight excluding hydrogens is 212 g/mol. The number of benzene rings is 1. The Labute approximate surface area is 90.1 Å². The van der Waals surface area contributed by atoms with E-state index >= 15 is 0 Å². The highest BCUT2D eigenvalue weighted by atomic mass is 32.2. The van der Waals surface area contributed by atoms with Gasteiger partial charge in [0.1, 0.15) is 5.52 Å². The van der Waals surface area contributed by atoms with Crippen LogP contribution in [0.25, 0.3) is 11.1 Å². The lowest BCUT2D eigenvalue weighted by Crippen LogP contribution is -2.09. The van der Waals surface area contributed by atoms with Gasteiger partial charge in [-0.3, -0.25) is 4.21 Å². The van der Waals surface area contributed by atoms with Crippen molar-refractivity contribution >= 4 is 27.9 Å². The van der Waals surface area contributed by atoms with Crippen molar-refractivity contribution in [3.8, 4) is 0 Å². The Kier molecular flexibility index (Phi) is 3.01. The van der Waals surface area contributed by atoms with Crippen LogP contribution in [-0.4, -0.2) is 27.7 Å². The fourth-order valence-electron chi connectivity index (χ4n) is 1.25. The predicted octanol–water partition coefficient (Wildman–Crippen LogP) is 1.62. The molecule has 2 rings (SSSR count). The normalized spacial score (nSPS) is 12.9. The summed E-state index contributed by atoms with van der Waals surface area (Å²) in [5.74, 6) is 0.596. The summed E-state index contributed by atoms with van der Waals surface area (Å²) in [4.78, 5) is 4.23. The smallest absolute Gasteiger partial charge is 0.295 e. The number of nitrogens with zero attached hydrogens (tertiary/aromatic N) is 1. The van der Waals surface area contributed by atoms with Gasteiger partial charge in [0, 0.05) is 29.4 Å². The van der Waals surface area contributed by atoms with Crippen LogP contribution in [0, 0.1) is 0 Å². The quantitative estimate of drug-likeness (QED) is 0.857. The Hall–Kier alpha value is -1.36. The monoisotopic (exact) mass is 224 g/mol. The van der Waals surface area contributed by atoms with Gasteiger partial charge in [-0.1, -0.05) is 12.1 Å². The van der Waals surface area contributed by atoms with Crippen molar-refractivity contribution in [2.75, 3.05) is 23.9 Å². The predicted molar refractivity (Wildman–Crippen MR) is 61.4 cm³/mol. The van der Waals surface area contributed by atoms with Crippen molar-refractivity contribution < 1.29 is 8.63 Å². The van der Waals surface area contributed by atoms with Crippen molar-refractivity contribution in [2.45, 2.75) is 0 Å². The summed E-state index contributed by atoms with van der Waals surface area (Å²) in [5.41, 5.74) is 1.59. The fraction of sp³-hybridized carbons (Fsp3) is 0.300. The second-order valence-electron chi connectivity index (χ2n) is 3.19. The van der Waals surface area contributed by atoms with E-state index in [2.05, 4.69) is 10.3 Å². The highest BCUT2D eigenvalue weighted by Gasteiger charge is 2.03. The van der Waals surface area contributed by atoms with Gasteiger partial charge in [0.25, 0.3) is 6.01 Å². The first-order valence-corrected chi connectivity index (χ1v) is 6.38. The Balaban J connectivity index is 2.05. The van der Waals surface area contributed by atoms with Crippen LogP contribution >= 0.6 is 0 Å². The van der Waals surface area contributed by atoms with Gasteiger partial charge >= 0.3 is 0 Å². The third-order valence-corrected chi connectivity index (χ3v) is 2.74. The summed E-state index contributed by atoms with van der Waals surface area (Å²) in [6.07, 6.45) is 1.67. The summed E-state index contributed by atoms with van der Waals surface area (Å²) >= 11 is 0. The zero-order chi connectivity index (χ0) is 10.7. The number of para-hydroxylation sites is 2. The minimum Gasteiger partial charge on any atom is -0.424 e. The number of oxazole rings is 1. The van der Waals surface area contributed by atoms with Crippen molar-refractivity contribution in [1.82, 2.24) is 4.98 Å². The molecular formula is C10H12N2O2S. The number of aromatic nitrogens is 1. The summed E-state index contributed by atoms with van der Waals surface area (Å²) in [7, 11) is -0.789. The van der Waals surface area contributed by atoms with Gasteiger partial charge in [-0.25, -0.2) is 0 Å². The molecule has 0 amide bonds. The SMILES string of the molecule is CS(=O)CCNc1nc2ccccc2o1. The molecule has 1 atom stereocenters. The first-order valence-electron chi connectivity index (χ1n) is 4.65. The van der Waals surface area contributed by atoms with Crippen molar-refractivity contribution in [3.05, 3.63) is 24.3 Å². The zero-order valence-electron chi connectivity index (χ0n) is 8.40. The molecule has 1 unspecified atom stereocenters. The molecule has 0 saturated carbocycles. The lowest BCUT2D eigenvalue weighted by molar-refractivity contribution is 0.616. The molecule has 0 spiro atoms. The minimum atomic E-state index is -0.789. The zero-order valence-corrected chi connectivity index (χ0v) is 9.21. The maximum Gasteiger partial charge on any atom is 0.295 e. The summed E-state index contributed by atoms with van der Waals surface area (Å²) in [6.45, 7) is 0.607. The van der Waals surface area contributed by atoms with Gasteiger partial charge in [0.15, 0.2) is 5.58 Å². The van der Waals surface area contributed by atoms with E-state index in [1.54, 1.807) is 6.26 Å². The minimum absolute atomic E-state index is 0.488. The first kappa shape index (κ1) is 10.2. The molecule has 15 heavy (non-hydrogen) atoms. The molecule has 5 heteroatoms. The van der Waals surface area contributed by atoms with Crippen LogP contribution in [0.4, 0.5) is 6.01 Å². The summed E-state index contributed by atoms with van der Waals surface area (Å²) in [6, 6.07) is 8.06. The molecule has 0 aliphatic carbocycles. The molecule has 1 aromatic carbocycles. The molecule has 0 aliphatic rings. The van der Waals surface area contributed by atoms with E-state index in [1.165, 1.54) is 0 Å². The largest absolute Gasteiger partial charge is 0.424 e. The van der Waals surface area contributed by atoms with Crippen molar-refractivity contribution in [3.63, 3.8) is 0 Å². The summed E-state index contributed by atoms with van der Waals surface area (Å²) < 4.78 is 16.3. The van der Waals surface area contributed by atoms with Gasteiger partial charge in [-0.15, -0.1) is 0 Å². The maximum absolute atomic E-state index is 10.8. The van der Waals surface area contributed by atoms with E-state index in [0.29, 0.717) is 18.3 Å². The molecule has 0 aliphatic heterocycles. The molecule has 0 saturated heterocycles. The average molecular weight is 224 g/mol. The van der Waals surface area contributed by atoms with Crippen LogP contribution in [0.15, 0.2) is 28.7 Å². The van der Waals surface area contributed by atoms with Gasteiger partial charge in [0.2, 0.25) is 0 Å². The molecule has 1 heterocycles. The number of fused-ring (bicyclic) bond motifs is 1. The van der Waals surface area contributed by atoms with Crippen LogP contribution in [0.3, 0.4) is 0 Å². The number of rotatable bonds is 4. The van der Waals surface area contributed by atoms with E-state index in [9.17, 15) is 4.21 Å². The lowest BCUT2D eigenvalue weighted by atomic mass is 10.3. The molecule has 0 radical (unpaired) electrons. The molecule has 0 bridgehead atoms. The lowest BCUT2D eigenvalue weighted by Gasteiger charge is -1.97. The van der Waals surface area contributed by atoms with Crippen LogP contribution in [-0.2, 0) is 10.8 Å².